The Kier molecular flexibility index (Phi) is 2.42. The van der Waals surface area contributed by atoms with Crippen LogP contribution in [-0.2, 0) is 4.74 Å². The Morgan fingerprint density at radius 1 is 1.29 bits per heavy atom. The van der Waals surface area contributed by atoms with Crippen molar-refractivity contribution in [2.45, 2.75) is 6.92 Å². The topological polar surface area (TPSA) is 26.3 Å². The standard InChI is InChI=1S/C13H10O2S2/c1-7-5-9-10(13(14)15-2)6-8-3-4-16-11(8)12(9)17-7/h3-6H,1-2H3. The number of thiophene rings is 2. The molecule has 0 fully saturated rings. The van der Waals surface area contributed by atoms with Gasteiger partial charge in [0.1, 0.15) is 0 Å². The largest absolute Gasteiger partial charge is 0.465 e. The van der Waals surface area contributed by atoms with Crippen LogP contribution in [0.3, 0.4) is 0 Å². The molecule has 0 unspecified atom stereocenters. The molecule has 3 rings (SSSR count). The molecule has 0 amide bonds. The Balaban J connectivity index is 2.49. The lowest BCUT2D eigenvalue weighted by Crippen LogP contribution is -2.01. The number of ether oxygens (including phenoxy) is 1. The molecule has 2 aromatic heterocycles. The highest BCUT2D eigenvalue weighted by Crippen LogP contribution is 2.37. The van der Waals surface area contributed by atoms with Gasteiger partial charge in [0.25, 0.3) is 0 Å². The summed E-state index contributed by atoms with van der Waals surface area (Å²) < 4.78 is 7.29. The lowest BCUT2D eigenvalue weighted by Gasteiger charge is -2.02. The van der Waals surface area contributed by atoms with Crippen LogP contribution in [0.2, 0.25) is 0 Å². The molecule has 0 atom stereocenters. The molecule has 1 aromatic carbocycles. The van der Waals surface area contributed by atoms with E-state index < -0.39 is 0 Å². The Morgan fingerprint density at radius 3 is 2.88 bits per heavy atom. The van der Waals surface area contributed by atoms with Gasteiger partial charge in [-0.25, -0.2) is 4.79 Å². The van der Waals surface area contributed by atoms with Gasteiger partial charge in [-0.15, -0.1) is 22.7 Å². The summed E-state index contributed by atoms with van der Waals surface area (Å²) in [4.78, 5) is 13.0. The van der Waals surface area contributed by atoms with Crippen molar-refractivity contribution in [1.82, 2.24) is 0 Å². The van der Waals surface area contributed by atoms with Crippen molar-refractivity contribution in [2.24, 2.45) is 0 Å². The maximum atomic E-state index is 11.8. The highest BCUT2D eigenvalue weighted by atomic mass is 32.1. The molecular formula is C13H10O2S2. The molecule has 3 aromatic rings. The predicted molar refractivity (Wildman–Crippen MR) is 73.3 cm³/mol. The number of hydrogen-bond acceptors (Lipinski definition) is 4. The molecule has 4 heteroatoms. The van der Waals surface area contributed by atoms with Gasteiger partial charge >= 0.3 is 5.97 Å². The number of carbonyl (C=O) groups excluding carboxylic acids is 1. The quantitative estimate of drug-likeness (QED) is 0.614. The first kappa shape index (κ1) is 10.7. The SMILES string of the molecule is COC(=O)c1cc2ccsc2c2sc(C)cc12. The Bertz CT molecular complexity index is 722. The van der Waals surface area contributed by atoms with Gasteiger partial charge in [0.15, 0.2) is 0 Å². The van der Waals surface area contributed by atoms with E-state index in [1.54, 1.807) is 22.7 Å². The van der Waals surface area contributed by atoms with E-state index in [0.29, 0.717) is 5.56 Å². The van der Waals surface area contributed by atoms with Crippen molar-refractivity contribution in [3.05, 3.63) is 34.0 Å². The Morgan fingerprint density at radius 2 is 2.12 bits per heavy atom. The summed E-state index contributed by atoms with van der Waals surface area (Å²) in [6, 6.07) is 6.03. The number of rotatable bonds is 1. The summed E-state index contributed by atoms with van der Waals surface area (Å²) in [6.45, 7) is 2.06. The fourth-order valence-corrected chi connectivity index (χ4v) is 4.10. The van der Waals surface area contributed by atoms with Crippen LogP contribution in [0.4, 0.5) is 0 Å². The first-order valence-electron chi connectivity index (χ1n) is 5.19. The average molecular weight is 262 g/mol. The van der Waals surface area contributed by atoms with Gasteiger partial charge < -0.3 is 4.74 Å². The molecule has 0 spiro atoms. The molecule has 0 saturated carbocycles. The second-order valence-corrected chi connectivity index (χ2v) is 6.03. The van der Waals surface area contributed by atoms with Gasteiger partial charge in [-0.1, -0.05) is 0 Å². The van der Waals surface area contributed by atoms with Gasteiger partial charge in [0.2, 0.25) is 0 Å². The minimum atomic E-state index is -0.263. The third-order valence-corrected chi connectivity index (χ3v) is 4.90. The molecule has 0 N–H and O–H groups in total. The molecule has 0 radical (unpaired) electrons. The second-order valence-electron chi connectivity index (χ2n) is 3.85. The van der Waals surface area contributed by atoms with Crippen molar-refractivity contribution in [3.63, 3.8) is 0 Å². The maximum Gasteiger partial charge on any atom is 0.338 e. The van der Waals surface area contributed by atoms with Gasteiger partial charge in [0, 0.05) is 10.3 Å². The van der Waals surface area contributed by atoms with E-state index in [2.05, 4.69) is 18.4 Å². The smallest absolute Gasteiger partial charge is 0.338 e. The summed E-state index contributed by atoms with van der Waals surface area (Å²) >= 11 is 3.45. The highest BCUT2D eigenvalue weighted by molar-refractivity contribution is 7.26. The number of methoxy groups -OCH3 is 1. The summed E-state index contributed by atoms with van der Waals surface area (Å²) in [5.74, 6) is -0.263. The van der Waals surface area contributed by atoms with E-state index in [1.807, 2.05) is 12.1 Å². The zero-order valence-electron chi connectivity index (χ0n) is 9.44. The number of aryl methyl sites for hydroxylation is 1. The molecule has 0 aliphatic rings. The maximum absolute atomic E-state index is 11.8. The fraction of sp³-hybridized carbons (Fsp3) is 0.154. The predicted octanol–water partition coefficient (Wildman–Crippen LogP) is 4.21. The van der Waals surface area contributed by atoms with Gasteiger partial charge in [0.05, 0.1) is 22.1 Å². The molecule has 0 aliphatic carbocycles. The zero-order valence-corrected chi connectivity index (χ0v) is 11.1. The van der Waals surface area contributed by atoms with Gasteiger partial charge in [-0.2, -0.15) is 0 Å². The number of fused-ring (bicyclic) bond motifs is 3. The van der Waals surface area contributed by atoms with Crippen molar-refractivity contribution < 1.29 is 9.53 Å². The van der Waals surface area contributed by atoms with Gasteiger partial charge in [-0.3, -0.25) is 0 Å². The van der Waals surface area contributed by atoms with Crippen molar-refractivity contribution in [2.75, 3.05) is 7.11 Å². The van der Waals surface area contributed by atoms with Crippen LogP contribution < -0.4 is 0 Å². The third-order valence-electron chi connectivity index (χ3n) is 2.75. The summed E-state index contributed by atoms with van der Waals surface area (Å²) in [5, 5.41) is 4.18. The summed E-state index contributed by atoms with van der Waals surface area (Å²) in [5.41, 5.74) is 0.665. The number of benzene rings is 1. The van der Waals surface area contributed by atoms with Crippen LogP contribution in [0.15, 0.2) is 23.6 Å². The molecule has 17 heavy (non-hydrogen) atoms. The fourth-order valence-electron chi connectivity index (χ4n) is 2.01. The van der Waals surface area contributed by atoms with Crippen LogP contribution in [0.5, 0.6) is 0 Å². The Hall–Kier alpha value is -1.39. The molecule has 0 bridgehead atoms. The third kappa shape index (κ3) is 1.56. The highest BCUT2D eigenvalue weighted by Gasteiger charge is 2.15. The van der Waals surface area contributed by atoms with Crippen LogP contribution in [-0.4, -0.2) is 13.1 Å². The zero-order chi connectivity index (χ0) is 12.0. The summed E-state index contributed by atoms with van der Waals surface area (Å²) in [7, 11) is 1.42. The van der Waals surface area contributed by atoms with E-state index in [9.17, 15) is 4.79 Å². The normalized spacial score (nSPS) is 11.2. The van der Waals surface area contributed by atoms with E-state index in [0.717, 1.165) is 10.8 Å². The first-order chi connectivity index (χ1) is 8.20. The van der Waals surface area contributed by atoms with Crippen LogP contribution in [0.1, 0.15) is 15.2 Å². The second kappa shape index (κ2) is 3.82. The lowest BCUT2D eigenvalue weighted by atomic mass is 10.1. The van der Waals surface area contributed by atoms with Crippen LogP contribution >= 0.6 is 22.7 Å². The molecule has 0 saturated heterocycles. The van der Waals surface area contributed by atoms with Crippen LogP contribution in [0, 0.1) is 6.92 Å². The number of carbonyl (C=O) groups is 1. The molecule has 0 aliphatic heterocycles. The Labute approximate surface area is 106 Å². The van der Waals surface area contributed by atoms with Crippen LogP contribution in [0.25, 0.3) is 20.2 Å². The minimum absolute atomic E-state index is 0.263. The molecule has 2 nitrogen and oxygen atoms in total. The number of hydrogen-bond donors (Lipinski definition) is 0. The van der Waals surface area contributed by atoms with Crippen molar-refractivity contribution in [1.29, 1.82) is 0 Å². The monoisotopic (exact) mass is 262 g/mol. The average Bonchev–Trinajstić information content (AvgIpc) is 2.91. The first-order valence-corrected chi connectivity index (χ1v) is 6.89. The minimum Gasteiger partial charge on any atom is -0.465 e. The van der Waals surface area contributed by atoms with Crippen molar-refractivity contribution in [3.8, 4) is 0 Å². The van der Waals surface area contributed by atoms with Gasteiger partial charge in [-0.05, 0) is 35.9 Å². The summed E-state index contributed by atoms with van der Waals surface area (Å²) in [6.07, 6.45) is 0. The van der Waals surface area contributed by atoms with E-state index >= 15 is 0 Å². The lowest BCUT2D eigenvalue weighted by molar-refractivity contribution is 0.0603. The molecule has 2 heterocycles. The number of esters is 1. The van der Waals surface area contributed by atoms with E-state index in [-0.39, 0.29) is 5.97 Å². The molecular weight excluding hydrogens is 252 g/mol. The molecule has 86 valence electrons. The van der Waals surface area contributed by atoms with E-state index in [1.165, 1.54) is 21.4 Å². The van der Waals surface area contributed by atoms with Crippen molar-refractivity contribution >= 4 is 48.8 Å². The van der Waals surface area contributed by atoms with E-state index in [4.69, 9.17) is 4.74 Å².